The molecule has 0 saturated heterocycles. The van der Waals surface area contributed by atoms with Gasteiger partial charge >= 0.3 is 5.51 Å². The molecule has 0 amide bonds. The zero-order valence-corrected chi connectivity index (χ0v) is 15.4. The summed E-state index contributed by atoms with van der Waals surface area (Å²) in [6, 6.07) is 17.9. The van der Waals surface area contributed by atoms with E-state index in [0.717, 1.165) is 28.2 Å². The van der Waals surface area contributed by atoms with Gasteiger partial charge in [-0.05, 0) is 36.4 Å². The molecule has 11 heteroatoms. The van der Waals surface area contributed by atoms with E-state index in [1.807, 2.05) is 59.4 Å². The molecule has 4 aromatic rings. The fourth-order valence-electron chi connectivity index (χ4n) is 2.42. The molecule has 0 saturated carbocycles. The zero-order chi connectivity index (χ0) is 21.1. The Kier molecular flexibility index (Phi) is 5.62. The highest BCUT2D eigenvalue weighted by Crippen LogP contribution is 2.20. The largest absolute Gasteiger partial charge is 0.741 e. The third-order valence-corrected chi connectivity index (χ3v) is 4.27. The van der Waals surface area contributed by atoms with E-state index in [2.05, 4.69) is 22.1 Å². The summed E-state index contributed by atoms with van der Waals surface area (Å²) in [5, 5.41) is 1.16. The first-order valence-electron chi connectivity index (χ1n) is 8.05. The topological polar surface area (TPSA) is 102 Å². The maximum Gasteiger partial charge on any atom is 0.485 e. The van der Waals surface area contributed by atoms with Crippen LogP contribution < -0.4 is 4.98 Å². The average molecular weight is 422 g/mol. The molecule has 4 aromatic heterocycles. The number of H-pyrrole nitrogens is 1. The number of pyridine rings is 3. The van der Waals surface area contributed by atoms with Gasteiger partial charge in [-0.25, -0.2) is 18.4 Å². The van der Waals surface area contributed by atoms with Crippen molar-refractivity contribution in [3.63, 3.8) is 0 Å². The second-order valence-electron chi connectivity index (χ2n) is 5.66. The molecule has 0 atom stereocenters. The summed E-state index contributed by atoms with van der Waals surface area (Å²) in [5.74, 6) is 0.871. The summed E-state index contributed by atoms with van der Waals surface area (Å²) in [5.41, 5.74) is -2.87. The summed E-state index contributed by atoms with van der Waals surface area (Å²) < 4.78 is 60.9. The minimum Gasteiger partial charge on any atom is -0.741 e. The van der Waals surface area contributed by atoms with Crippen LogP contribution >= 0.6 is 0 Å². The third kappa shape index (κ3) is 4.76. The van der Waals surface area contributed by atoms with Gasteiger partial charge in [0.05, 0.1) is 29.2 Å². The van der Waals surface area contributed by atoms with E-state index in [-0.39, 0.29) is 0 Å². The first-order valence-corrected chi connectivity index (χ1v) is 9.46. The van der Waals surface area contributed by atoms with E-state index < -0.39 is 15.6 Å². The van der Waals surface area contributed by atoms with Crippen LogP contribution in [0.5, 0.6) is 0 Å². The lowest BCUT2D eigenvalue weighted by atomic mass is 10.2. The highest BCUT2D eigenvalue weighted by atomic mass is 32.2. The van der Waals surface area contributed by atoms with Crippen LogP contribution in [0.15, 0.2) is 73.2 Å². The van der Waals surface area contributed by atoms with E-state index in [1.54, 1.807) is 6.20 Å². The number of rotatable bonds is 2. The minimum atomic E-state index is -6.09. The number of hydrogen-bond donors (Lipinski definition) is 0. The Bertz CT molecular complexity index is 1230. The molecule has 0 spiro atoms. The highest BCUT2D eigenvalue weighted by Gasteiger charge is 2.36. The molecular formula is C18H13F3N4O3S. The van der Waals surface area contributed by atoms with Gasteiger partial charge in [0.25, 0.3) is 5.65 Å². The van der Waals surface area contributed by atoms with E-state index in [4.69, 9.17) is 18.0 Å². The maximum absolute atomic E-state index is 10.7. The SMILES string of the molecule is O=S(=O)([O-])C(F)(F)F.c1ccc(-c2cccc(-n3ccc4ccc[nH+]c43)n2)nc1. The van der Waals surface area contributed by atoms with Crippen molar-refractivity contribution in [2.75, 3.05) is 0 Å². The van der Waals surface area contributed by atoms with Crippen LogP contribution in [0, 0.1) is 0 Å². The fraction of sp³-hybridized carbons (Fsp3) is 0.0556. The van der Waals surface area contributed by atoms with Crippen molar-refractivity contribution < 1.29 is 31.1 Å². The van der Waals surface area contributed by atoms with Crippen molar-refractivity contribution in [1.82, 2.24) is 14.5 Å². The lowest BCUT2D eigenvalue weighted by Gasteiger charge is -2.08. The molecular weight excluding hydrogens is 409 g/mol. The molecule has 7 nitrogen and oxygen atoms in total. The van der Waals surface area contributed by atoms with Gasteiger partial charge in [-0.1, -0.05) is 12.1 Å². The Hall–Kier alpha value is -3.31. The van der Waals surface area contributed by atoms with E-state index in [1.165, 1.54) is 0 Å². The van der Waals surface area contributed by atoms with Crippen LogP contribution in [0.3, 0.4) is 0 Å². The maximum atomic E-state index is 10.7. The Labute approximate surface area is 163 Å². The van der Waals surface area contributed by atoms with Crippen LogP contribution in [-0.2, 0) is 10.1 Å². The molecule has 0 aromatic carbocycles. The predicted molar refractivity (Wildman–Crippen MR) is 96.6 cm³/mol. The molecule has 0 aliphatic rings. The van der Waals surface area contributed by atoms with Gasteiger partial charge in [0, 0.05) is 12.3 Å². The molecule has 0 bridgehead atoms. The number of aromatic amines is 1. The van der Waals surface area contributed by atoms with Gasteiger partial charge in [0.1, 0.15) is 0 Å². The van der Waals surface area contributed by atoms with Gasteiger partial charge in [-0.2, -0.15) is 17.7 Å². The Morgan fingerprint density at radius 3 is 2.34 bits per heavy atom. The highest BCUT2D eigenvalue weighted by molar-refractivity contribution is 7.86. The molecule has 1 N–H and O–H groups in total. The van der Waals surface area contributed by atoms with Gasteiger partial charge in [-0.3, -0.25) is 4.98 Å². The Balaban J connectivity index is 0.000000258. The second kappa shape index (κ2) is 7.97. The number of halogens is 3. The van der Waals surface area contributed by atoms with Gasteiger partial charge in [-0.15, -0.1) is 0 Å². The normalized spacial score (nSPS) is 11.7. The molecule has 0 aliphatic carbocycles. The Morgan fingerprint density at radius 1 is 0.966 bits per heavy atom. The van der Waals surface area contributed by atoms with Crippen molar-refractivity contribution in [3.05, 3.63) is 73.2 Å². The molecule has 4 rings (SSSR count). The van der Waals surface area contributed by atoms with Crippen LogP contribution in [-0.4, -0.2) is 33.0 Å². The molecule has 150 valence electrons. The van der Waals surface area contributed by atoms with Gasteiger partial charge < -0.3 is 4.55 Å². The number of nitrogens with one attached hydrogen (secondary N) is 1. The monoisotopic (exact) mass is 422 g/mol. The van der Waals surface area contributed by atoms with Crippen LogP contribution in [0.2, 0.25) is 0 Å². The zero-order valence-electron chi connectivity index (χ0n) is 14.5. The Morgan fingerprint density at radius 2 is 1.69 bits per heavy atom. The summed E-state index contributed by atoms with van der Waals surface area (Å²) in [6.07, 6.45) is 5.72. The smallest absolute Gasteiger partial charge is 0.485 e. The van der Waals surface area contributed by atoms with Crippen molar-refractivity contribution in [2.24, 2.45) is 0 Å². The van der Waals surface area contributed by atoms with Gasteiger partial charge in [0.15, 0.2) is 10.1 Å². The lowest BCUT2D eigenvalue weighted by Crippen LogP contribution is -2.21. The van der Waals surface area contributed by atoms with E-state index in [9.17, 15) is 13.2 Å². The first-order chi connectivity index (χ1) is 13.7. The summed E-state index contributed by atoms with van der Waals surface area (Å²) in [4.78, 5) is 12.3. The van der Waals surface area contributed by atoms with Crippen molar-refractivity contribution in [2.45, 2.75) is 5.51 Å². The minimum absolute atomic E-state index is 0.867. The quantitative estimate of drug-likeness (QED) is 0.365. The number of alkyl halides is 3. The molecule has 4 heterocycles. The molecule has 0 radical (unpaired) electrons. The molecule has 0 aliphatic heterocycles. The number of aromatic nitrogens is 4. The second-order valence-corrected chi connectivity index (χ2v) is 7.03. The third-order valence-electron chi connectivity index (χ3n) is 3.70. The van der Waals surface area contributed by atoms with Crippen molar-refractivity contribution in [1.29, 1.82) is 0 Å². The number of fused-ring (bicyclic) bond motifs is 1. The standard InChI is InChI=1S/C17H12N4.CHF3O3S/c1-2-10-18-14(6-1)15-7-3-8-16(20-15)21-12-9-13-5-4-11-19-17(13)21;2-1(3,4)8(5,6)7/h1-12H;(H,5,6,7). The lowest BCUT2D eigenvalue weighted by molar-refractivity contribution is -0.348. The van der Waals surface area contributed by atoms with Crippen molar-refractivity contribution >= 4 is 21.2 Å². The predicted octanol–water partition coefficient (Wildman–Crippen LogP) is 2.95. The first kappa shape index (κ1) is 20.4. The average Bonchev–Trinajstić information content (AvgIpc) is 3.12. The fourth-order valence-corrected chi connectivity index (χ4v) is 2.42. The van der Waals surface area contributed by atoms with Crippen LogP contribution in [0.25, 0.3) is 28.2 Å². The molecule has 0 fully saturated rings. The number of nitrogens with zero attached hydrogens (tertiary/aromatic N) is 3. The van der Waals surface area contributed by atoms with E-state index in [0.29, 0.717) is 0 Å². The molecule has 0 unspecified atom stereocenters. The summed E-state index contributed by atoms with van der Waals surface area (Å²) >= 11 is 0. The van der Waals surface area contributed by atoms with Crippen LogP contribution in [0.4, 0.5) is 13.2 Å². The number of hydrogen-bond acceptors (Lipinski definition) is 5. The van der Waals surface area contributed by atoms with E-state index >= 15 is 0 Å². The van der Waals surface area contributed by atoms with Crippen LogP contribution in [0.1, 0.15) is 0 Å². The van der Waals surface area contributed by atoms with Crippen molar-refractivity contribution in [3.8, 4) is 17.2 Å². The molecule has 29 heavy (non-hydrogen) atoms. The summed E-state index contributed by atoms with van der Waals surface area (Å²) in [6.45, 7) is 0. The van der Waals surface area contributed by atoms with Gasteiger partial charge in [0.2, 0.25) is 5.82 Å². The summed E-state index contributed by atoms with van der Waals surface area (Å²) in [7, 11) is -6.09.